The van der Waals surface area contributed by atoms with Crippen molar-refractivity contribution in [3.63, 3.8) is 0 Å². The molecule has 35 heavy (non-hydrogen) atoms. The molecule has 1 spiro atoms. The number of rotatable bonds is 6. The molecule has 2 heterocycles. The third-order valence-electron chi connectivity index (χ3n) is 6.14. The lowest BCUT2D eigenvalue weighted by Crippen LogP contribution is -2.45. The second-order valence-electron chi connectivity index (χ2n) is 10.7. The fourth-order valence-corrected chi connectivity index (χ4v) is 8.26. The summed E-state index contributed by atoms with van der Waals surface area (Å²) in [5.74, 6) is 1.38. The minimum Gasteiger partial charge on any atom is -0.490 e. The zero-order valence-electron chi connectivity index (χ0n) is 23.0. The summed E-state index contributed by atoms with van der Waals surface area (Å²) in [6.45, 7) is 18.7. The van der Waals surface area contributed by atoms with Crippen molar-refractivity contribution in [2.75, 3.05) is 19.4 Å². The van der Waals surface area contributed by atoms with Crippen LogP contribution in [0.15, 0.2) is 42.5 Å². The van der Waals surface area contributed by atoms with Crippen molar-refractivity contribution in [2.24, 2.45) is 0 Å². The Morgan fingerprint density at radius 2 is 1.40 bits per heavy atom. The molecule has 4 nitrogen and oxygen atoms in total. The van der Waals surface area contributed by atoms with Gasteiger partial charge in [0.1, 0.15) is 11.5 Å². The number of hydrogen-bond donors (Lipinski definition) is 0. The minimum atomic E-state index is -0.433. The summed E-state index contributed by atoms with van der Waals surface area (Å²) in [5, 5.41) is 1.51. The molecule has 0 saturated carbocycles. The third kappa shape index (κ3) is 6.79. The molecule has 2 aromatic carbocycles. The van der Waals surface area contributed by atoms with Crippen LogP contribution in [0.5, 0.6) is 11.5 Å². The molecule has 4 rings (SSSR count). The Labute approximate surface area is 214 Å². The molecular weight excluding hydrogens is 455 g/mol. The van der Waals surface area contributed by atoms with Gasteiger partial charge < -0.3 is 18.9 Å². The van der Waals surface area contributed by atoms with Crippen molar-refractivity contribution in [3.8, 4) is 22.6 Å². The molecule has 194 valence electrons. The second-order valence-corrected chi connectivity index (χ2v) is 13.7. The fraction of sp³-hybridized carbons (Fsp3) is 0.600. The van der Waals surface area contributed by atoms with Gasteiger partial charge in [-0.25, -0.2) is 0 Å². The van der Waals surface area contributed by atoms with Crippen LogP contribution < -0.4 is 14.8 Å². The van der Waals surface area contributed by atoms with Crippen LogP contribution in [0.1, 0.15) is 74.7 Å². The van der Waals surface area contributed by atoms with E-state index in [2.05, 4.69) is 91.8 Å². The van der Waals surface area contributed by atoms with Gasteiger partial charge in [-0.3, -0.25) is 0 Å². The third-order valence-corrected chi connectivity index (χ3v) is 9.40. The highest BCUT2D eigenvalue weighted by molar-refractivity contribution is 7.67. The van der Waals surface area contributed by atoms with E-state index in [0.29, 0.717) is 13.2 Å². The van der Waals surface area contributed by atoms with E-state index in [0.717, 1.165) is 36.1 Å². The topological polar surface area (TPSA) is 36.9 Å². The fourth-order valence-electron chi connectivity index (χ4n) is 5.02. The molecule has 2 fully saturated rings. The molecule has 0 bridgehead atoms. The zero-order chi connectivity index (χ0) is 25.6. The van der Waals surface area contributed by atoms with E-state index < -0.39 is 7.92 Å². The predicted molar refractivity (Wildman–Crippen MR) is 149 cm³/mol. The van der Waals surface area contributed by atoms with Crippen molar-refractivity contribution in [3.05, 3.63) is 42.5 Å². The highest BCUT2D eigenvalue weighted by atomic mass is 31.1. The Kier molecular flexibility index (Phi) is 9.66. The lowest BCUT2D eigenvalue weighted by molar-refractivity contribution is -0.169. The first-order valence-electron chi connectivity index (χ1n) is 13.2. The number of hydrogen-bond acceptors (Lipinski definition) is 4. The normalized spacial score (nSPS) is 20.6. The Bertz CT molecular complexity index is 919. The maximum absolute atomic E-state index is 6.28. The molecule has 2 aromatic rings. The van der Waals surface area contributed by atoms with E-state index in [4.69, 9.17) is 18.9 Å². The van der Waals surface area contributed by atoms with Crippen molar-refractivity contribution in [1.82, 2.24) is 0 Å². The lowest BCUT2D eigenvalue weighted by atomic mass is 9.98. The molecule has 0 radical (unpaired) electrons. The summed E-state index contributed by atoms with van der Waals surface area (Å²) in [4.78, 5) is 0. The van der Waals surface area contributed by atoms with Crippen molar-refractivity contribution < 1.29 is 18.9 Å². The van der Waals surface area contributed by atoms with Crippen LogP contribution in [-0.4, -0.2) is 42.5 Å². The van der Waals surface area contributed by atoms with Gasteiger partial charge in [-0.05, 0) is 62.0 Å². The highest BCUT2D eigenvalue weighted by Crippen LogP contribution is 2.60. The molecule has 1 atom stereocenters. The zero-order valence-corrected chi connectivity index (χ0v) is 23.9. The van der Waals surface area contributed by atoms with Crippen molar-refractivity contribution >= 4 is 13.2 Å². The monoisotopic (exact) mass is 500 g/mol. The van der Waals surface area contributed by atoms with E-state index in [1.54, 1.807) is 0 Å². The first kappa shape index (κ1) is 28.0. The van der Waals surface area contributed by atoms with Gasteiger partial charge >= 0.3 is 0 Å². The lowest BCUT2D eigenvalue weighted by Gasteiger charge is -2.47. The van der Waals surface area contributed by atoms with Gasteiger partial charge in [-0.15, -0.1) is 0 Å². The highest BCUT2D eigenvalue weighted by Gasteiger charge is 2.49. The Balaban J connectivity index is 0.00000108. The summed E-state index contributed by atoms with van der Waals surface area (Å²) in [6.07, 6.45) is 4.40. The molecule has 1 unspecified atom stereocenters. The van der Waals surface area contributed by atoms with Crippen LogP contribution in [0, 0.1) is 0 Å². The quantitative estimate of drug-likeness (QED) is 0.380. The van der Waals surface area contributed by atoms with Crippen molar-refractivity contribution in [1.29, 1.82) is 0 Å². The standard InChI is InChI=1S/C27H37O4P.C3H8/c1-19(2)30-22-11-9-12-23(31-20(3)4)25(22)21-10-7-8-13-24(21)32-17-14-27(18-26(32,5)6)28-15-16-29-27;1-3-2/h7-13,19-20H,14-18H2,1-6H3;3H2,1-2H3. The molecule has 2 aliphatic heterocycles. The average molecular weight is 501 g/mol. The van der Waals surface area contributed by atoms with Gasteiger partial charge in [0.05, 0.1) is 31.0 Å². The van der Waals surface area contributed by atoms with Gasteiger partial charge in [-0.1, -0.05) is 72.4 Å². The molecule has 0 aliphatic carbocycles. The van der Waals surface area contributed by atoms with Crippen LogP contribution in [0.4, 0.5) is 0 Å². The van der Waals surface area contributed by atoms with Gasteiger partial charge in [-0.2, -0.15) is 0 Å². The summed E-state index contributed by atoms with van der Waals surface area (Å²) >= 11 is 0. The van der Waals surface area contributed by atoms with Crippen LogP contribution in [0.25, 0.3) is 11.1 Å². The molecule has 2 aliphatic rings. The first-order valence-corrected chi connectivity index (χ1v) is 14.8. The summed E-state index contributed by atoms with van der Waals surface area (Å²) in [6, 6.07) is 15.0. The molecule has 0 amide bonds. The number of ether oxygens (including phenoxy) is 4. The first-order chi connectivity index (χ1) is 16.6. The SMILES string of the molecule is CC(C)Oc1cccc(OC(C)C)c1-c1ccccc1P1CCC2(CC1(C)C)OCCO2.CCC. The smallest absolute Gasteiger partial charge is 0.169 e. The maximum atomic E-state index is 6.28. The van der Waals surface area contributed by atoms with Gasteiger partial charge in [0, 0.05) is 12.8 Å². The van der Waals surface area contributed by atoms with Gasteiger partial charge in [0.2, 0.25) is 0 Å². The van der Waals surface area contributed by atoms with E-state index in [1.807, 2.05) is 6.07 Å². The van der Waals surface area contributed by atoms with E-state index in [-0.39, 0.29) is 23.2 Å². The van der Waals surface area contributed by atoms with Gasteiger partial charge in [0.25, 0.3) is 0 Å². The Morgan fingerprint density at radius 1 is 0.857 bits per heavy atom. The molecule has 2 saturated heterocycles. The van der Waals surface area contributed by atoms with E-state index in [1.165, 1.54) is 17.3 Å². The van der Waals surface area contributed by atoms with Crippen molar-refractivity contribution in [2.45, 2.75) is 97.8 Å². The molecular formula is C30H45O4P. The second kappa shape index (κ2) is 12.1. The number of benzene rings is 2. The largest absolute Gasteiger partial charge is 0.490 e. The molecule has 0 aromatic heterocycles. The van der Waals surface area contributed by atoms with Crippen LogP contribution in [0.3, 0.4) is 0 Å². The maximum Gasteiger partial charge on any atom is 0.169 e. The van der Waals surface area contributed by atoms with Crippen LogP contribution in [-0.2, 0) is 9.47 Å². The van der Waals surface area contributed by atoms with Crippen LogP contribution in [0.2, 0.25) is 0 Å². The Hall–Kier alpha value is -1.61. The summed E-state index contributed by atoms with van der Waals surface area (Å²) < 4.78 is 24.7. The van der Waals surface area contributed by atoms with Gasteiger partial charge in [0.15, 0.2) is 5.79 Å². The molecule has 5 heteroatoms. The summed E-state index contributed by atoms with van der Waals surface area (Å²) in [7, 11) is -0.433. The average Bonchev–Trinajstić information content (AvgIpc) is 3.21. The van der Waals surface area contributed by atoms with E-state index >= 15 is 0 Å². The molecule has 0 N–H and O–H groups in total. The summed E-state index contributed by atoms with van der Waals surface area (Å²) in [5.41, 5.74) is 2.29. The Morgan fingerprint density at radius 3 is 1.91 bits per heavy atom. The minimum absolute atomic E-state index is 0.0866. The van der Waals surface area contributed by atoms with E-state index in [9.17, 15) is 0 Å². The van der Waals surface area contributed by atoms with Crippen LogP contribution >= 0.6 is 7.92 Å². The predicted octanol–water partition coefficient (Wildman–Crippen LogP) is 7.77.